The summed E-state index contributed by atoms with van der Waals surface area (Å²) >= 11 is 11.8. The third-order valence-corrected chi connectivity index (χ3v) is 9.06. The van der Waals surface area contributed by atoms with Crippen LogP contribution in [0, 0.1) is 0 Å². The first-order chi connectivity index (χ1) is 26.3. The summed E-state index contributed by atoms with van der Waals surface area (Å²) in [4.78, 5) is 68.2. The third kappa shape index (κ3) is 9.52. The van der Waals surface area contributed by atoms with Crippen molar-refractivity contribution in [3.8, 4) is 0 Å². The number of aliphatic imine (C=N–C) groups is 2. The number of hydrogen-bond donors (Lipinski definition) is 9. The Morgan fingerprint density at radius 2 is 1.04 bits per heavy atom. The Balaban J connectivity index is 1.10. The molecule has 0 saturated carbocycles. The molecule has 0 aliphatic carbocycles. The van der Waals surface area contributed by atoms with E-state index in [-0.39, 0.29) is 69.0 Å². The summed E-state index contributed by atoms with van der Waals surface area (Å²) in [5, 5.41) is 7.92. The minimum absolute atomic E-state index is 0.0943. The Hall–Kier alpha value is -6.55. The van der Waals surface area contributed by atoms with E-state index in [1.807, 2.05) is 40.1 Å². The van der Waals surface area contributed by atoms with Crippen molar-refractivity contribution in [2.24, 2.45) is 21.5 Å². The van der Waals surface area contributed by atoms with Gasteiger partial charge in [0.15, 0.2) is 56.9 Å². The summed E-state index contributed by atoms with van der Waals surface area (Å²) in [6, 6.07) is 9.17. The van der Waals surface area contributed by atoms with Crippen molar-refractivity contribution in [3.63, 3.8) is 0 Å². The summed E-state index contributed by atoms with van der Waals surface area (Å²) in [6.45, 7) is 2.21. The van der Waals surface area contributed by atoms with E-state index in [4.69, 9.17) is 72.6 Å². The van der Waals surface area contributed by atoms with Crippen LogP contribution in [0.2, 0.25) is 10.3 Å². The van der Waals surface area contributed by atoms with Gasteiger partial charge in [0.05, 0.1) is 12.1 Å². The maximum absolute atomic E-state index is 12.7. The van der Waals surface area contributed by atoms with E-state index in [1.54, 1.807) is 0 Å². The van der Waals surface area contributed by atoms with Gasteiger partial charge in [0.2, 0.25) is 17.8 Å². The van der Waals surface area contributed by atoms with Crippen LogP contribution in [0.25, 0.3) is 0 Å². The monoisotopic (exact) mass is 792 g/mol. The van der Waals surface area contributed by atoms with Crippen LogP contribution < -0.4 is 60.2 Å². The Morgan fingerprint density at radius 3 is 1.45 bits per heavy atom. The number of guanidine groups is 2. The molecule has 0 bridgehead atoms. The van der Waals surface area contributed by atoms with Gasteiger partial charge in [-0.2, -0.15) is 15.0 Å². The first-order valence-electron chi connectivity index (χ1n) is 16.9. The SMILES string of the molecule is NC(=NC1CCN(c2nc(Nc3ccccc3)nc(N3CCC(N=C(N)NC(=O)c4nc(Cl)c(N)nc4N)CC3)n2)CC1)NC(=O)c1nc(Cl)c(N)nc1N. The van der Waals surface area contributed by atoms with Gasteiger partial charge in [-0.05, 0) is 37.8 Å². The smallest absolute Gasteiger partial charge is 0.280 e. The Kier molecular flexibility index (Phi) is 11.5. The van der Waals surface area contributed by atoms with Crippen molar-refractivity contribution in [2.75, 3.05) is 64.2 Å². The van der Waals surface area contributed by atoms with E-state index in [2.05, 4.69) is 45.9 Å². The number of benzene rings is 1. The number of nitrogens with zero attached hydrogens (tertiary/aromatic N) is 11. The summed E-state index contributed by atoms with van der Waals surface area (Å²) in [6.07, 6.45) is 2.39. The van der Waals surface area contributed by atoms with Crippen molar-refractivity contribution < 1.29 is 9.59 Å². The largest absolute Gasteiger partial charge is 0.382 e. The predicted molar refractivity (Wildman–Crippen MR) is 210 cm³/mol. The molecule has 0 atom stereocenters. The lowest BCUT2D eigenvalue weighted by Gasteiger charge is -2.33. The molecule has 6 rings (SSSR count). The average Bonchev–Trinajstić information content (AvgIpc) is 3.15. The molecule has 2 aliphatic rings. The van der Waals surface area contributed by atoms with E-state index in [0.29, 0.717) is 69.7 Å². The van der Waals surface area contributed by atoms with Gasteiger partial charge in [0, 0.05) is 31.9 Å². The molecule has 55 heavy (non-hydrogen) atoms. The van der Waals surface area contributed by atoms with Gasteiger partial charge in [-0.25, -0.2) is 29.9 Å². The highest BCUT2D eigenvalue weighted by Crippen LogP contribution is 2.26. The molecule has 2 fully saturated rings. The first kappa shape index (κ1) is 38.2. The fourth-order valence-corrected chi connectivity index (χ4v) is 6.01. The number of piperidine rings is 2. The van der Waals surface area contributed by atoms with Gasteiger partial charge in [0.1, 0.15) is 0 Å². The van der Waals surface area contributed by atoms with Crippen LogP contribution in [0.3, 0.4) is 0 Å². The normalized spacial score (nSPS) is 15.8. The van der Waals surface area contributed by atoms with E-state index < -0.39 is 11.8 Å². The number of para-hydroxylation sites is 1. The number of anilines is 8. The highest BCUT2D eigenvalue weighted by atomic mass is 35.5. The fraction of sp³-hybridized carbons (Fsp3) is 0.323. The van der Waals surface area contributed by atoms with E-state index in [1.165, 1.54) is 0 Å². The Labute approximate surface area is 323 Å². The lowest BCUT2D eigenvalue weighted by Crippen LogP contribution is -2.42. The summed E-state index contributed by atoms with van der Waals surface area (Å²) in [7, 11) is 0. The minimum Gasteiger partial charge on any atom is -0.382 e. The number of carbonyl (C=O) groups is 2. The zero-order chi connectivity index (χ0) is 39.2. The van der Waals surface area contributed by atoms with E-state index in [0.717, 1.165) is 5.69 Å². The van der Waals surface area contributed by atoms with Gasteiger partial charge in [-0.1, -0.05) is 41.4 Å². The number of nitrogen functional groups attached to an aromatic ring is 4. The fourth-order valence-electron chi connectivity index (χ4n) is 5.76. The standard InChI is InChI=1S/C31H38Cl2N20O2/c32-19-23(36)45-21(34)17(43-19)25(54)47-27(38)40-15-6-10-52(11-7-15)30-49-29(42-14-4-2-1-3-5-14)50-31(51-30)53-12-8-16(9-13-53)41-28(39)48-26(55)18-22(35)46-24(37)20(33)44-18/h1-5,15-16H,6-13H2,(H4,34,36,45)(H4,35,37,46)(H3,38,40,47,54)(H3,39,41,48,55)(H,42,49,50,51). The zero-order valence-corrected chi connectivity index (χ0v) is 30.7. The molecule has 288 valence electrons. The van der Waals surface area contributed by atoms with Crippen LogP contribution in [-0.2, 0) is 0 Å². The van der Waals surface area contributed by atoms with Crippen molar-refractivity contribution >= 4 is 93.7 Å². The molecule has 2 aliphatic heterocycles. The zero-order valence-electron chi connectivity index (χ0n) is 29.2. The average molecular weight is 794 g/mol. The maximum atomic E-state index is 12.7. The lowest BCUT2D eigenvalue weighted by atomic mass is 10.1. The number of rotatable bonds is 8. The van der Waals surface area contributed by atoms with Crippen molar-refractivity contribution in [3.05, 3.63) is 52.0 Å². The molecule has 3 aromatic heterocycles. The van der Waals surface area contributed by atoms with Gasteiger partial charge >= 0.3 is 0 Å². The van der Waals surface area contributed by atoms with Crippen LogP contribution >= 0.6 is 23.2 Å². The molecule has 0 spiro atoms. The molecule has 5 heterocycles. The number of amides is 2. The predicted octanol–water partition coefficient (Wildman–Crippen LogP) is 0.258. The van der Waals surface area contributed by atoms with Gasteiger partial charge in [-0.15, -0.1) is 0 Å². The Bertz CT molecular complexity index is 2000. The van der Waals surface area contributed by atoms with Gasteiger partial charge in [0.25, 0.3) is 11.8 Å². The molecule has 4 aromatic rings. The molecular weight excluding hydrogens is 755 g/mol. The molecular formula is C31H38Cl2N20O2. The van der Waals surface area contributed by atoms with Crippen LogP contribution in [-0.4, -0.2) is 96.9 Å². The second-order valence-electron chi connectivity index (χ2n) is 12.4. The molecule has 0 radical (unpaired) electrons. The summed E-state index contributed by atoms with van der Waals surface area (Å²) in [5.74, 6) is -0.849. The highest BCUT2D eigenvalue weighted by molar-refractivity contribution is 6.32. The molecule has 24 heteroatoms. The van der Waals surface area contributed by atoms with Crippen molar-refractivity contribution in [1.29, 1.82) is 0 Å². The lowest BCUT2D eigenvalue weighted by molar-refractivity contribution is 0.0963. The van der Waals surface area contributed by atoms with Crippen LogP contribution in [0.5, 0.6) is 0 Å². The molecule has 15 N–H and O–H groups in total. The third-order valence-electron chi connectivity index (χ3n) is 8.50. The van der Waals surface area contributed by atoms with Gasteiger partial charge < -0.3 is 49.5 Å². The number of hydrogen-bond acceptors (Lipinski definition) is 18. The second-order valence-corrected chi connectivity index (χ2v) is 13.1. The summed E-state index contributed by atoms with van der Waals surface area (Å²) in [5.41, 5.74) is 35.2. The number of nitrogens with one attached hydrogen (secondary N) is 3. The number of carbonyl (C=O) groups excluding carboxylic acids is 2. The first-order valence-corrected chi connectivity index (χ1v) is 17.6. The summed E-state index contributed by atoms with van der Waals surface area (Å²) < 4.78 is 0. The quantitative estimate of drug-likeness (QED) is 0.0853. The van der Waals surface area contributed by atoms with Crippen LogP contribution in [0.15, 0.2) is 40.3 Å². The molecule has 22 nitrogen and oxygen atoms in total. The topological polar surface area (TPSA) is 348 Å². The maximum Gasteiger partial charge on any atom is 0.280 e. The number of aromatic nitrogens is 7. The van der Waals surface area contributed by atoms with Gasteiger partial charge in [-0.3, -0.25) is 20.2 Å². The molecule has 2 saturated heterocycles. The molecule has 0 unspecified atom stereocenters. The van der Waals surface area contributed by atoms with E-state index in [9.17, 15) is 9.59 Å². The van der Waals surface area contributed by atoms with Crippen molar-refractivity contribution in [1.82, 2.24) is 45.5 Å². The highest BCUT2D eigenvalue weighted by Gasteiger charge is 2.27. The van der Waals surface area contributed by atoms with E-state index >= 15 is 0 Å². The molecule has 2 amide bonds. The number of nitrogens with two attached hydrogens (primary N) is 6. The molecule has 1 aromatic carbocycles. The van der Waals surface area contributed by atoms with Crippen LogP contribution in [0.4, 0.5) is 46.8 Å². The Morgan fingerprint density at radius 1 is 0.618 bits per heavy atom. The van der Waals surface area contributed by atoms with Crippen molar-refractivity contribution in [2.45, 2.75) is 37.8 Å². The number of halogens is 2. The minimum atomic E-state index is -0.714. The second kappa shape index (κ2) is 16.6. The van der Waals surface area contributed by atoms with Crippen LogP contribution in [0.1, 0.15) is 46.7 Å².